The van der Waals surface area contributed by atoms with Gasteiger partial charge in [0.05, 0.1) is 24.4 Å². The van der Waals surface area contributed by atoms with Crippen LogP contribution in [0.15, 0.2) is 6.20 Å². The number of ether oxygens (including phenoxy) is 1. The quantitative estimate of drug-likeness (QED) is 0.753. The molecule has 1 aliphatic heterocycles. The fourth-order valence-electron chi connectivity index (χ4n) is 3.09. The number of halogens is 3. The van der Waals surface area contributed by atoms with Crippen LogP contribution in [0, 0.1) is 6.92 Å². The molecular weight excluding hydrogens is 367 g/mol. The fourth-order valence-corrected chi connectivity index (χ4v) is 3.09. The molecule has 0 N–H and O–H groups in total. The van der Waals surface area contributed by atoms with E-state index in [9.17, 15) is 22.8 Å². The highest BCUT2D eigenvalue weighted by Gasteiger charge is 2.43. The van der Waals surface area contributed by atoms with Crippen molar-refractivity contribution in [2.75, 3.05) is 13.2 Å². The first kappa shape index (κ1) is 18.9. The van der Waals surface area contributed by atoms with E-state index in [1.165, 1.54) is 21.1 Å². The second-order valence-electron chi connectivity index (χ2n) is 6.12. The molecule has 0 fully saturated rings. The highest BCUT2D eigenvalue weighted by molar-refractivity contribution is 5.95. The first-order valence-electron chi connectivity index (χ1n) is 8.26. The summed E-state index contributed by atoms with van der Waals surface area (Å²) in [6.07, 6.45) is -3.24. The molecule has 0 aliphatic carbocycles. The molecule has 0 atom stereocenters. The van der Waals surface area contributed by atoms with Crippen LogP contribution in [0.3, 0.4) is 0 Å². The van der Waals surface area contributed by atoms with E-state index >= 15 is 0 Å². The molecule has 2 aromatic heterocycles. The molecule has 0 spiro atoms. The maximum atomic E-state index is 13.3. The van der Waals surface area contributed by atoms with E-state index < -0.39 is 23.5 Å². The molecule has 0 saturated heterocycles. The van der Waals surface area contributed by atoms with Crippen molar-refractivity contribution in [3.05, 3.63) is 34.7 Å². The number of alkyl halides is 3. The Bertz CT molecular complexity index is 900. The normalized spacial score (nSPS) is 14.2. The van der Waals surface area contributed by atoms with Crippen LogP contribution in [0.1, 0.15) is 45.0 Å². The van der Waals surface area contributed by atoms with Crippen LogP contribution in [0.2, 0.25) is 0 Å². The molecule has 8 nitrogen and oxygen atoms in total. The van der Waals surface area contributed by atoms with Gasteiger partial charge in [-0.25, -0.2) is 9.78 Å². The summed E-state index contributed by atoms with van der Waals surface area (Å²) in [4.78, 5) is 29.7. The smallest absolute Gasteiger partial charge is 0.435 e. The summed E-state index contributed by atoms with van der Waals surface area (Å²) in [5, 5.41) is 4.10. The van der Waals surface area contributed by atoms with Gasteiger partial charge in [-0.05, 0) is 13.8 Å². The first-order valence-corrected chi connectivity index (χ1v) is 8.26. The minimum absolute atomic E-state index is 0.00785. The summed E-state index contributed by atoms with van der Waals surface area (Å²) in [6.45, 7) is 3.14. The number of esters is 1. The van der Waals surface area contributed by atoms with E-state index in [1.807, 2.05) is 0 Å². The molecular formula is C16H18F3N5O3. The lowest BCUT2D eigenvalue weighted by Gasteiger charge is -2.28. The molecule has 146 valence electrons. The minimum Gasteiger partial charge on any atom is -0.461 e. The van der Waals surface area contributed by atoms with Crippen molar-refractivity contribution in [2.45, 2.75) is 33.1 Å². The number of aromatic nitrogens is 4. The molecule has 0 aromatic carbocycles. The Morgan fingerprint density at radius 1 is 1.30 bits per heavy atom. The molecule has 1 amide bonds. The van der Waals surface area contributed by atoms with Crippen molar-refractivity contribution in [3.8, 4) is 0 Å². The van der Waals surface area contributed by atoms with Gasteiger partial charge in [0.1, 0.15) is 5.82 Å². The van der Waals surface area contributed by atoms with Gasteiger partial charge in [-0.15, -0.1) is 0 Å². The number of hydrogen-bond acceptors (Lipinski definition) is 5. The van der Waals surface area contributed by atoms with Crippen LogP contribution < -0.4 is 0 Å². The third-order valence-electron chi connectivity index (χ3n) is 4.24. The molecule has 11 heteroatoms. The fraction of sp³-hybridized carbons (Fsp3) is 0.500. The van der Waals surface area contributed by atoms with Crippen LogP contribution in [0.4, 0.5) is 13.2 Å². The highest BCUT2D eigenvalue weighted by atomic mass is 19.4. The van der Waals surface area contributed by atoms with Gasteiger partial charge in [0.15, 0.2) is 11.4 Å². The van der Waals surface area contributed by atoms with E-state index in [0.29, 0.717) is 11.3 Å². The van der Waals surface area contributed by atoms with Crippen molar-refractivity contribution >= 4 is 11.9 Å². The van der Waals surface area contributed by atoms with Gasteiger partial charge in [0, 0.05) is 26.3 Å². The molecule has 1 aliphatic rings. The van der Waals surface area contributed by atoms with E-state index in [1.54, 1.807) is 20.2 Å². The summed E-state index contributed by atoms with van der Waals surface area (Å²) < 4.78 is 47.4. The predicted octanol–water partition coefficient (Wildman–Crippen LogP) is 1.78. The standard InChI is InChI=1S/C16H18F3N5O3/c1-4-27-15(26)12-13(16(17,18)19)20-11-8-23(5-6-24(11)12)14(25)10-7-22(3)21-9(10)2/h7H,4-6,8H2,1-3H3. The average Bonchev–Trinajstić information content (AvgIpc) is 3.13. The van der Waals surface area contributed by atoms with Gasteiger partial charge in [0.2, 0.25) is 0 Å². The van der Waals surface area contributed by atoms with Crippen LogP contribution >= 0.6 is 0 Å². The molecule has 3 rings (SSSR count). The summed E-state index contributed by atoms with van der Waals surface area (Å²) in [5.41, 5.74) is -1.01. The molecule has 27 heavy (non-hydrogen) atoms. The summed E-state index contributed by atoms with van der Waals surface area (Å²) in [7, 11) is 1.67. The van der Waals surface area contributed by atoms with Crippen molar-refractivity contribution in [1.82, 2.24) is 24.2 Å². The Balaban J connectivity index is 1.95. The summed E-state index contributed by atoms with van der Waals surface area (Å²) in [6, 6.07) is 0. The Hall–Kier alpha value is -2.85. The number of fused-ring (bicyclic) bond motifs is 1. The Morgan fingerprint density at radius 2 is 2.00 bits per heavy atom. The SMILES string of the molecule is CCOC(=O)c1c(C(F)(F)F)nc2n1CCN(C(=O)c1cn(C)nc1C)C2. The van der Waals surface area contributed by atoms with Crippen LogP contribution in [0.5, 0.6) is 0 Å². The molecule has 0 bridgehead atoms. The lowest BCUT2D eigenvalue weighted by atomic mass is 10.2. The number of hydrogen-bond donors (Lipinski definition) is 0. The molecule has 2 aromatic rings. The Kier molecular flexibility index (Phi) is 4.70. The van der Waals surface area contributed by atoms with Crippen molar-refractivity contribution in [3.63, 3.8) is 0 Å². The van der Waals surface area contributed by atoms with Crippen LogP contribution in [-0.4, -0.2) is 49.3 Å². The Morgan fingerprint density at radius 3 is 2.56 bits per heavy atom. The number of aryl methyl sites for hydroxylation is 2. The van der Waals surface area contributed by atoms with Gasteiger partial charge < -0.3 is 14.2 Å². The zero-order valence-corrected chi connectivity index (χ0v) is 15.0. The number of nitrogens with zero attached hydrogens (tertiary/aromatic N) is 5. The maximum absolute atomic E-state index is 13.3. The lowest BCUT2D eigenvalue weighted by Crippen LogP contribution is -2.39. The van der Waals surface area contributed by atoms with Crippen molar-refractivity contribution in [1.29, 1.82) is 0 Å². The second-order valence-corrected chi connectivity index (χ2v) is 6.12. The number of carbonyl (C=O) groups is 2. The van der Waals surface area contributed by atoms with Gasteiger partial charge in [-0.2, -0.15) is 18.3 Å². The zero-order valence-electron chi connectivity index (χ0n) is 15.0. The van der Waals surface area contributed by atoms with E-state index in [2.05, 4.69) is 10.1 Å². The van der Waals surface area contributed by atoms with E-state index in [-0.39, 0.29) is 38.0 Å². The van der Waals surface area contributed by atoms with Gasteiger partial charge in [-0.3, -0.25) is 9.48 Å². The predicted molar refractivity (Wildman–Crippen MR) is 85.9 cm³/mol. The largest absolute Gasteiger partial charge is 0.461 e. The molecule has 0 saturated carbocycles. The highest BCUT2D eigenvalue weighted by Crippen LogP contribution is 2.33. The first-order chi connectivity index (χ1) is 12.6. The number of carbonyl (C=O) groups excluding carboxylic acids is 2. The van der Waals surface area contributed by atoms with Gasteiger partial charge in [0.25, 0.3) is 5.91 Å². The molecule has 0 radical (unpaired) electrons. The van der Waals surface area contributed by atoms with Gasteiger partial charge in [-0.1, -0.05) is 0 Å². The average molecular weight is 385 g/mol. The van der Waals surface area contributed by atoms with Crippen molar-refractivity contribution in [2.24, 2.45) is 7.05 Å². The van der Waals surface area contributed by atoms with Gasteiger partial charge >= 0.3 is 12.1 Å². The van der Waals surface area contributed by atoms with Crippen molar-refractivity contribution < 1.29 is 27.5 Å². The van der Waals surface area contributed by atoms with E-state index in [0.717, 1.165) is 0 Å². The Labute approximate surface area is 152 Å². The van der Waals surface area contributed by atoms with Crippen LogP contribution in [-0.2, 0) is 31.1 Å². The molecule has 3 heterocycles. The minimum atomic E-state index is -4.80. The molecule has 0 unspecified atom stereocenters. The third kappa shape index (κ3) is 3.40. The van der Waals surface area contributed by atoms with Crippen LogP contribution in [0.25, 0.3) is 0 Å². The maximum Gasteiger partial charge on any atom is 0.435 e. The summed E-state index contributed by atoms with van der Waals surface area (Å²) in [5.74, 6) is -1.43. The number of amides is 1. The monoisotopic (exact) mass is 385 g/mol. The third-order valence-corrected chi connectivity index (χ3v) is 4.24. The summed E-state index contributed by atoms with van der Waals surface area (Å²) >= 11 is 0. The topological polar surface area (TPSA) is 82.3 Å². The zero-order chi connectivity index (χ0) is 19.9. The number of rotatable bonds is 3. The lowest BCUT2D eigenvalue weighted by molar-refractivity contribution is -0.141. The van der Waals surface area contributed by atoms with E-state index in [4.69, 9.17) is 4.74 Å². The number of imidazole rings is 1. The second kappa shape index (κ2) is 6.71.